The van der Waals surface area contributed by atoms with E-state index in [1.807, 2.05) is 25.1 Å². The van der Waals surface area contributed by atoms with Gasteiger partial charge < -0.3 is 9.40 Å². The lowest BCUT2D eigenvalue weighted by Crippen LogP contribution is -2.23. The minimum Gasteiger partial charge on any atom is -0.415 e. The highest BCUT2D eigenvalue weighted by atomic mass is 19.3. The highest BCUT2D eigenvalue weighted by Gasteiger charge is 2.18. The van der Waals surface area contributed by atoms with Crippen LogP contribution in [0.2, 0.25) is 0 Å². The molecule has 10 heteroatoms. The first-order chi connectivity index (χ1) is 17.4. The zero-order chi connectivity index (χ0) is 25.0. The maximum atomic E-state index is 13.1. The monoisotopic (exact) mass is 486 g/mol. The number of aromatic amines is 1. The van der Waals surface area contributed by atoms with Gasteiger partial charge in [0.05, 0.1) is 28.8 Å². The van der Waals surface area contributed by atoms with Gasteiger partial charge in [0.15, 0.2) is 0 Å². The summed E-state index contributed by atoms with van der Waals surface area (Å²) < 4.78 is 33.7. The molecule has 0 aliphatic carbocycles. The van der Waals surface area contributed by atoms with Crippen LogP contribution in [0, 0.1) is 6.92 Å². The Labute approximate surface area is 202 Å². The number of aryl methyl sites for hydroxylation is 2. The Morgan fingerprint density at radius 3 is 2.50 bits per heavy atom. The number of benzene rings is 2. The standard InChI is InChI=1S/C26H20F2N6O2/c1-14-9-17-4-3-15(10-20(17)30-14)16-6-8-21-22(11-16)33(2)26(35)34(21)13-19-7-5-18(12-29-19)24-31-32-25(36-24)23(27)28/h3-12,23,30H,13H2,1-2H3. The van der Waals surface area contributed by atoms with Crippen molar-refractivity contribution in [3.63, 3.8) is 0 Å². The van der Waals surface area contributed by atoms with Crippen molar-refractivity contribution >= 4 is 21.9 Å². The van der Waals surface area contributed by atoms with Gasteiger partial charge in [-0.15, -0.1) is 10.2 Å². The van der Waals surface area contributed by atoms with E-state index in [2.05, 4.69) is 44.4 Å². The fourth-order valence-corrected chi connectivity index (χ4v) is 4.44. The van der Waals surface area contributed by atoms with Crippen LogP contribution in [0.25, 0.3) is 44.5 Å². The van der Waals surface area contributed by atoms with Gasteiger partial charge in [0.25, 0.3) is 5.89 Å². The molecule has 2 aromatic carbocycles. The highest BCUT2D eigenvalue weighted by Crippen LogP contribution is 2.28. The molecule has 0 radical (unpaired) electrons. The molecule has 0 aliphatic heterocycles. The van der Waals surface area contributed by atoms with E-state index in [0.29, 0.717) is 11.3 Å². The topological polar surface area (TPSA) is 94.5 Å². The Morgan fingerprint density at radius 2 is 1.75 bits per heavy atom. The number of hydrogen-bond acceptors (Lipinski definition) is 5. The molecule has 0 atom stereocenters. The number of nitrogens with one attached hydrogen (secondary N) is 1. The molecule has 0 saturated carbocycles. The van der Waals surface area contributed by atoms with Crippen LogP contribution in [0.1, 0.15) is 23.7 Å². The lowest BCUT2D eigenvalue weighted by Gasteiger charge is -2.06. The van der Waals surface area contributed by atoms with E-state index < -0.39 is 12.3 Å². The Bertz CT molecular complexity index is 1790. The minimum atomic E-state index is -2.84. The highest BCUT2D eigenvalue weighted by molar-refractivity contribution is 5.88. The van der Waals surface area contributed by atoms with E-state index in [4.69, 9.17) is 4.42 Å². The molecule has 0 saturated heterocycles. The second kappa shape index (κ2) is 8.26. The average molecular weight is 486 g/mol. The van der Waals surface area contributed by atoms with Gasteiger partial charge in [-0.25, -0.2) is 4.79 Å². The number of nitrogens with zero attached hydrogens (tertiary/aromatic N) is 5. The zero-order valence-electron chi connectivity index (χ0n) is 19.4. The van der Waals surface area contributed by atoms with Gasteiger partial charge >= 0.3 is 12.1 Å². The quantitative estimate of drug-likeness (QED) is 0.360. The molecule has 0 unspecified atom stereocenters. The van der Waals surface area contributed by atoms with Crippen LogP contribution in [0.3, 0.4) is 0 Å². The minimum absolute atomic E-state index is 0.0353. The van der Waals surface area contributed by atoms with Gasteiger partial charge in [0, 0.05) is 24.5 Å². The van der Waals surface area contributed by atoms with Crippen molar-refractivity contribution in [3.8, 4) is 22.6 Å². The lowest BCUT2D eigenvalue weighted by atomic mass is 10.0. The second-order valence-electron chi connectivity index (χ2n) is 8.67. The van der Waals surface area contributed by atoms with Crippen molar-refractivity contribution < 1.29 is 13.2 Å². The number of alkyl halides is 2. The first-order valence-electron chi connectivity index (χ1n) is 11.2. The van der Waals surface area contributed by atoms with Crippen molar-refractivity contribution in [1.29, 1.82) is 0 Å². The van der Waals surface area contributed by atoms with Crippen LogP contribution < -0.4 is 5.69 Å². The SMILES string of the molecule is Cc1cc2ccc(-c3ccc4c(c3)n(C)c(=O)n4Cc3ccc(-c4nnc(C(F)F)o4)cn3)cc2[nH]1. The van der Waals surface area contributed by atoms with Crippen molar-refractivity contribution in [2.45, 2.75) is 19.9 Å². The number of hydrogen-bond donors (Lipinski definition) is 1. The summed E-state index contributed by atoms with van der Waals surface area (Å²) in [6.45, 7) is 2.27. The van der Waals surface area contributed by atoms with Crippen molar-refractivity contribution in [1.82, 2.24) is 29.3 Å². The predicted octanol–water partition coefficient (Wildman–Crippen LogP) is 5.23. The molecule has 4 aromatic heterocycles. The Hall–Kier alpha value is -4.60. The van der Waals surface area contributed by atoms with E-state index in [-0.39, 0.29) is 18.1 Å². The van der Waals surface area contributed by atoms with Gasteiger partial charge in [-0.3, -0.25) is 14.1 Å². The van der Waals surface area contributed by atoms with Gasteiger partial charge in [0.1, 0.15) is 0 Å². The molecule has 0 fully saturated rings. The summed E-state index contributed by atoms with van der Waals surface area (Å²) in [5, 5.41) is 8.12. The Balaban J connectivity index is 1.32. The van der Waals surface area contributed by atoms with Crippen LogP contribution in [0.15, 0.2) is 70.0 Å². The number of rotatable bonds is 5. The zero-order valence-corrected chi connectivity index (χ0v) is 19.4. The third-order valence-electron chi connectivity index (χ3n) is 6.25. The first-order valence-corrected chi connectivity index (χ1v) is 11.2. The largest absolute Gasteiger partial charge is 0.415 e. The maximum Gasteiger partial charge on any atom is 0.329 e. The van der Waals surface area contributed by atoms with E-state index in [0.717, 1.165) is 38.8 Å². The summed E-state index contributed by atoms with van der Waals surface area (Å²) in [6, 6.07) is 17.7. The van der Waals surface area contributed by atoms with E-state index in [1.165, 1.54) is 6.20 Å². The fraction of sp³-hybridized carbons (Fsp3) is 0.154. The summed E-state index contributed by atoms with van der Waals surface area (Å²) in [4.78, 5) is 20.8. The Kier molecular flexibility index (Phi) is 5.03. The molecule has 0 amide bonds. The molecule has 180 valence electrons. The molecule has 6 rings (SSSR count). The second-order valence-corrected chi connectivity index (χ2v) is 8.67. The molecule has 6 aromatic rings. The molecule has 1 N–H and O–H groups in total. The Morgan fingerprint density at radius 1 is 0.972 bits per heavy atom. The molecular formula is C26H20F2N6O2. The molecular weight excluding hydrogens is 466 g/mol. The normalized spacial score (nSPS) is 11.8. The summed E-state index contributed by atoms with van der Waals surface area (Å²) >= 11 is 0. The fourth-order valence-electron chi connectivity index (χ4n) is 4.44. The van der Waals surface area contributed by atoms with Gasteiger partial charge in [-0.2, -0.15) is 8.78 Å². The van der Waals surface area contributed by atoms with Crippen molar-refractivity contribution in [3.05, 3.63) is 88.6 Å². The first kappa shape index (κ1) is 21.9. The van der Waals surface area contributed by atoms with Gasteiger partial charge in [-0.1, -0.05) is 18.2 Å². The van der Waals surface area contributed by atoms with E-state index in [1.54, 1.807) is 28.3 Å². The molecule has 8 nitrogen and oxygen atoms in total. The summed E-state index contributed by atoms with van der Waals surface area (Å²) in [7, 11) is 1.75. The van der Waals surface area contributed by atoms with Gasteiger partial charge in [0.2, 0.25) is 5.89 Å². The molecule has 4 heterocycles. The van der Waals surface area contributed by atoms with Crippen molar-refractivity contribution in [2.24, 2.45) is 7.05 Å². The van der Waals surface area contributed by atoms with Crippen molar-refractivity contribution in [2.75, 3.05) is 0 Å². The number of H-pyrrole nitrogens is 1. The molecule has 36 heavy (non-hydrogen) atoms. The van der Waals surface area contributed by atoms with Crippen LogP contribution in [-0.4, -0.2) is 29.3 Å². The third kappa shape index (κ3) is 3.67. The van der Waals surface area contributed by atoms with Crippen LogP contribution >= 0.6 is 0 Å². The number of pyridine rings is 1. The number of aromatic nitrogens is 6. The average Bonchev–Trinajstić information content (AvgIpc) is 3.57. The molecule has 0 bridgehead atoms. The smallest absolute Gasteiger partial charge is 0.329 e. The predicted molar refractivity (Wildman–Crippen MR) is 131 cm³/mol. The molecule has 0 spiro atoms. The van der Waals surface area contributed by atoms with Crippen LogP contribution in [0.4, 0.5) is 8.78 Å². The number of imidazole rings is 1. The maximum absolute atomic E-state index is 13.1. The third-order valence-corrected chi connectivity index (χ3v) is 6.25. The van der Waals surface area contributed by atoms with E-state index in [9.17, 15) is 13.6 Å². The summed E-state index contributed by atoms with van der Waals surface area (Å²) in [5.74, 6) is -0.773. The summed E-state index contributed by atoms with van der Waals surface area (Å²) in [6.07, 6.45) is -1.37. The number of halogens is 2. The van der Waals surface area contributed by atoms with Crippen LogP contribution in [-0.2, 0) is 13.6 Å². The van der Waals surface area contributed by atoms with Gasteiger partial charge in [-0.05, 0) is 59.8 Å². The number of fused-ring (bicyclic) bond motifs is 2. The van der Waals surface area contributed by atoms with Crippen LogP contribution in [0.5, 0.6) is 0 Å². The lowest BCUT2D eigenvalue weighted by molar-refractivity contribution is 0.116. The van der Waals surface area contributed by atoms with E-state index >= 15 is 0 Å². The summed E-state index contributed by atoms with van der Waals surface area (Å²) in [5.41, 5.74) is 6.71. The molecule has 0 aliphatic rings.